The van der Waals surface area contributed by atoms with Crippen molar-refractivity contribution in [3.05, 3.63) is 0 Å². The van der Waals surface area contributed by atoms with Crippen LogP contribution < -0.4 is 0 Å². The maximum Gasteiger partial charge on any atom is 0.0949 e. The van der Waals surface area contributed by atoms with Crippen LogP contribution in [0.2, 0.25) is 0 Å². The monoisotopic (exact) mass is 152 g/mol. The zero-order valence-corrected chi connectivity index (χ0v) is 7.38. The molecule has 0 aliphatic carbocycles. The number of rotatable bonds is 1. The molecule has 0 radical (unpaired) electrons. The third kappa shape index (κ3) is 2.20. The summed E-state index contributed by atoms with van der Waals surface area (Å²) in [4.78, 5) is 2.27. The first kappa shape index (κ1) is 8.55. The van der Waals surface area contributed by atoms with Gasteiger partial charge in [0.2, 0.25) is 0 Å². The Morgan fingerprint density at radius 1 is 1.64 bits per heavy atom. The van der Waals surface area contributed by atoms with Crippen LogP contribution in [0.15, 0.2) is 0 Å². The van der Waals surface area contributed by atoms with E-state index in [-0.39, 0.29) is 6.04 Å². The first-order valence-electron chi connectivity index (χ1n) is 4.37. The molecule has 1 heterocycles. The van der Waals surface area contributed by atoms with Crippen molar-refractivity contribution < 1.29 is 0 Å². The minimum absolute atomic E-state index is 0.109. The molecule has 11 heavy (non-hydrogen) atoms. The van der Waals surface area contributed by atoms with E-state index in [1.54, 1.807) is 0 Å². The molecule has 2 atom stereocenters. The van der Waals surface area contributed by atoms with E-state index in [2.05, 4.69) is 17.9 Å². The van der Waals surface area contributed by atoms with Crippen molar-refractivity contribution in [3.63, 3.8) is 0 Å². The summed E-state index contributed by atoms with van der Waals surface area (Å²) < 4.78 is 0. The van der Waals surface area contributed by atoms with Gasteiger partial charge in [-0.1, -0.05) is 6.92 Å². The lowest BCUT2D eigenvalue weighted by molar-refractivity contribution is 0.164. The number of hydrogen-bond acceptors (Lipinski definition) is 2. The lowest BCUT2D eigenvalue weighted by Gasteiger charge is -2.32. The van der Waals surface area contributed by atoms with Crippen LogP contribution in [-0.2, 0) is 0 Å². The predicted octanol–water partition coefficient (Wildman–Crippen LogP) is 1.63. The lowest BCUT2D eigenvalue weighted by atomic mass is 9.99. The van der Waals surface area contributed by atoms with Crippen molar-refractivity contribution in [2.75, 3.05) is 13.1 Å². The van der Waals surface area contributed by atoms with Gasteiger partial charge in [-0.3, -0.25) is 4.90 Å². The van der Waals surface area contributed by atoms with Gasteiger partial charge in [-0.25, -0.2) is 0 Å². The Morgan fingerprint density at radius 2 is 2.36 bits per heavy atom. The highest BCUT2D eigenvalue weighted by atomic mass is 15.2. The summed E-state index contributed by atoms with van der Waals surface area (Å²) in [5.74, 6) is 0.777. The maximum atomic E-state index is 8.68. The molecule has 0 aromatic heterocycles. The summed E-state index contributed by atoms with van der Waals surface area (Å²) >= 11 is 0. The first-order valence-corrected chi connectivity index (χ1v) is 4.37. The SMILES string of the molecule is CC1CCCN(C(C)C#N)C1. The van der Waals surface area contributed by atoms with Crippen LogP contribution in [0.25, 0.3) is 0 Å². The predicted molar refractivity (Wildman–Crippen MR) is 45.0 cm³/mol. The van der Waals surface area contributed by atoms with Crippen LogP contribution in [0.4, 0.5) is 0 Å². The van der Waals surface area contributed by atoms with Crippen molar-refractivity contribution >= 4 is 0 Å². The number of nitrogens with zero attached hydrogens (tertiary/aromatic N) is 2. The highest BCUT2D eigenvalue weighted by Crippen LogP contribution is 2.16. The maximum absolute atomic E-state index is 8.68. The van der Waals surface area contributed by atoms with E-state index >= 15 is 0 Å². The summed E-state index contributed by atoms with van der Waals surface area (Å²) in [6.45, 7) is 6.46. The minimum Gasteiger partial charge on any atom is -0.288 e. The van der Waals surface area contributed by atoms with Gasteiger partial charge in [0, 0.05) is 6.54 Å². The van der Waals surface area contributed by atoms with E-state index in [0.717, 1.165) is 19.0 Å². The van der Waals surface area contributed by atoms with Crippen molar-refractivity contribution in [1.82, 2.24) is 4.90 Å². The van der Waals surface area contributed by atoms with Crippen LogP contribution in [0.3, 0.4) is 0 Å². The van der Waals surface area contributed by atoms with E-state index in [0.29, 0.717) is 0 Å². The second-order valence-corrected chi connectivity index (χ2v) is 3.55. The van der Waals surface area contributed by atoms with E-state index in [1.807, 2.05) is 6.92 Å². The molecule has 1 aliphatic rings. The third-order valence-electron chi connectivity index (χ3n) is 2.42. The Balaban J connectivity index is 2.40. The second kappa shape index (κ2) is 3.73. The number of hydrogen-bond donors (Lipinski definition) is 0. The van der Waals surface area contributed by atoms with Crippen molar-refractivity contribution in [1.29, 1.82) is 5.26 Å². The van der Waals surface area contributed by atoms with Gasteiger partial charge in [-0.15, -0.1) is 0 Å². The third-order valence-corrected chi connectivity index (χ3v) is 2.42. The largest absolute Gasteiger partial charge is 0.288 e. The van der Waals surface area contributed by atoms with Gasteiger partial charge in [0.1, 0.15) is 0 Å². The molecular formula is C9H16N2. The average Bonchev–Trinajstić information content (AvgIpc) is 2.03. The van der Waals surface area contributed by atoms with Crippen molar-refractivity contribution in [3.8, 4) is 6.07 Å². The molecule has 1 rings (SSSR count). The van der Waals surface area contributed by atoms with Crippen LogP contribution in [0, 0.1) is 17.2 Å². The fraction of sp³-hybridized carbons (Fsp3) is 0.889. The molecule has 0 bridgehead atoms. The fourth-order valence-electron chi connectivity index (χ4n) is 1.66. The summed E-state index contributed by atoms with van der Waals surface area (Å²) in [5.41, 5.74) is 0. The smallest absolute Gasteiger partial charge is 0.0949 e. The fourth-order valence-corrected chi connectivity index (χ4v) is 1.66. The highest BCUT2D eigenvalue weighted by molar-refractivity contribution is 4.89. The summed E-state index contributed by atoms with van der Waals surface area (Å²) in [6, 6.07) is 2.39. The Kier molecular flexibility index (Phi) is 2.90. The molecule has 0 N–H and O–H groups in total. The Hall–Kier alpha value is -0.550. The van der Waals surface area contributed by atoms with Crippen LogP contribution >= 0.6 is 0 Å². The average molecular weight is 152 g/mol. The lowest BCUT2D eigenvalue weighted by Crippen LogP contribution is -2.39. The van der Waals surface area contributed by atoms with E-state index < -0.39 is 0 Å². The van der Waals surface area contributed by atoms with Crippen LogP contribution in [0.5, 0.6) is 0 Å². The zero-order valence-electron chi connectivity index (χ0n) is 7.38. The zero-order chi connectivity index (χ0) is 8.27. The molecule has 1 saturated heterocycles. The van der Waals surface area contributed by atoms with Crippen molar-refractivity contribution in [2.45, 2.75) is 32.7 Å². The standard InChI is InChI=1S/C9H16N2/c1-8-4-3-5-11(7-8)9(2)6-10/h8-9H,3-5,7H2,1-2H3. The van der Waals surface area contributed by atoms with Gasteiger partial charge in [-0.2, -0.15) is 5.26 Å². The molecule has 0 saturated carbocycles. The summed E-state index contributed by atoms with van der Waals surface area (Å²) in [7, 11) is 0. The van der Waals surface area contributed by atoms with E-state index in [4.69, 9.17) is 5.26 Å². The van der Waals surface area contributed by atoms with Gasteiger partial charge >= 0.3 is 0 Å². The minimum atomic E-state index is 0.109. The van der Waals surface area contributed by atoms with Gasteiger partial charge < -0.3 is 0 Å². The number of nitriles is 1. The molecule has 0 aromatic rings. The summed E-state index contributed by atoms with van der Waals surface area (Å²) in [5, 5.41) is 8.68. The molecule has 0 amide bonds. The Labute approximate surface area is 68.8 Å². The molecule has 1 aliphatic heterocycles. The molecule has 2 heteroatoms. The molecule has 2 nitrogen and oxygen atoms in total. The van der Waals surface area contributed by atoms with E-state index in [9.17, 15) is 0 Å². The quantitative estimate of drug-likeness (QED) is 0.571. The normalized spacial score (nSPS) is 29.4. The van der Waals surface area contributed by atoms with Gasteiger partial charge in [0.15, 0.2) is 0 Å². The molecule has 2 unspecified atom stereocenters. The van der Waals surface area contributed by atoms with Gasteiger partial charge in [-0.05, 0) is 32.2 Å². The molecule has 0 aromatic carbocycles. The first-order chi connectivity index (χ1) is 5.24. The number of likely N-dealkylation sites (tertiary alicyclic amines) is 1. The molecule has 1 fully saturated rings. The molecule has 62 valence electrons. The van der Waals surface area contributed by atoms with Gasteiger partial charge in [0.25, 0.3) is 0 Å². The van der Waals surface area contributed by atoms with Gasteiger partial charge in [0.05, 0.1) is 12.1 Å². The highest BCUT2D eigenvalue weighted by Gasteiger charge is 2.19. The summed E-state index contributed by atoms with van der Waals surface area (Å²) in [6.07, 6.45) is 2.59. The van der Waals surface area contributed by atoms with Crippen LogP contribution in [-0.4, -0.2) is 24.0 Å². The topological polar surface area (TPSA) is 27.0 Å². The second-order valence-electron chi connectivity index (χ2n) is 3.55. The van der Waals surface area contributed by atoms with Crippen molar-refractivity contribution in [2.24, 2.45) is 5.92 Å². The number of piperidine rings is 1. The molecule has 0 spiro atoms. The van der Waals surface area contributed by atoms with Crippen LogP contribution in [0.1, 0.15) is 26.7 Å². The Bertz CT molecular complexity index is 159. The Morgan fingerprint density at radius 3 is 2.91 bits per heavy atom. The molecular weight excluding hydrogens is 136 g/mol. The van der Waals surface area contributed by atoms with E-state index in [1.165, 1.54) is 12.8 Å².